The van der Waals surface area contributed by atoms with Crippen LogP contribution >= 0.6 is 0 Å². The Labute approximate surface area is 103 Å². The van der Waals surface area contributed by atoms with Crippen molar-refractivity contribution in [1.29, 1.82) is 0 Å². The van der Waals surface area contributed by atoms with Crippen LogP contribution in [0, 0.1) is 11.3 Å². The summed E-state index contributed by atoms with van der Waals surface area (Å²) < 4.78 is 0. The first kappa shape index (κ1) is 12.6. The van der Waals surface area contributed by atoms with E-state index in [1.54, 1.807) is 6.08 Å². The highest BCUT2D eigenvalue weighted by Gasteiger charge is 2.54. The summed E-state index contributed by atoms with van der Waals surface area (Å²) in [6.07, 6.45) is 4.76. The molecule has 0 radical (unpaired) electrons. The number of carbonyl (C=O) groups excluding carboxylic acids is 1. The average Bonchev–Trinajstić information content (AvgIpc) is 2.20. The standard InChI is InChI=1S/C15H22O2/c1-10(2)12-5-6-14(4)9-13(16)7-11(3)15(14,17)8-12/h7,12,17H,1,5-6,8-9H2,2-4H3. The Bertz CT molecular complexity index is 407. The maximum Gasteiger partial charge on any atom is 0.156 e. The van der Waals surface area contributed by atoms with Crippen molar-refractivity contribution in [2.24, 2.45) is 11.3 Å². The van der Waals surface area contributed by atoms with Gasteiger partial charge in [-0.1, -0.05) is 19.1 Å². The molecule has 3 atom stereocenters. The molecule has 2 aliphatic carbocycles. The summed E-state index contributed by atoms with van der Waals surface area (Å²) in [5.41, 5.74) is 0.879. The number of carbonyl (C=O) groups is 1. The lowest BCUT2D eigenvalue weighted by Gasteiger charge is -2.53. The molecule has 1 fully saturated rings. The minimum Gasteiger partial charge on any atom is -0.385 e. The van der Waals surface area contributed by atoms with Gasteiger partial charge < -0.3 is 5.11 Å². The van der Waals surface area contributed by atoms with Crippen LogP contribution in [0.15, 0.2) is 23.8 Å². The van der Waals surface area contributed by atoms with Crippen LogP contribution in [0.4, 0.5) is 0 Å². The zero-order chi connectivity index (χ0) is 12.8. The molecule has 1 saturated carbocycles. The zero-order valence-electron chi connectivity index (χ0n) is 11.0. The normalized spacial score (nSPS) is 41.8. The first-order valence-corrected chi connectivity index (χ1v) is 6.38. The maximum absolute atomic E-state index is 11.7. The molecule has 0 aromatic rings. The van der Waals surface area contributed by atoms with E-state index in [0.29, 0.717) is 18.8 Å². The summed E-state index contributed by atoms with van der Waals surface area (Å²) >= 11 is 0. The molecule has 17 heavy (non-hydrogen) atoms. The molecule has 2 nitrogen and oxygen atoms in total. The van der Waals surface area contributed by atoms with Crippen LogP contribution in [0.3, 0.4) is 0 Å². The van der Waals surface area contributed by atoms with Crippen molar-refractivity contribution in [3.05, 3.63) is 23.8 Å². The second-order valence-corrected chi connectivity index (χ2v) is 6.18. The number of hydrogen-bond donors (Lipinski definition) is 1. The van der Waals surface area contributed by atoms with Crippen LogP contribution < -0.4 is 0 Å². The summed E-state index contributed by atoms with van der Waals surface area (Å²) in [7, 11) is 0. The number of hydrogen-bond acceptors (Lipinski definition) is 2. The van der Waals surface area contributed by atoms with Crippen molar-refractivity contribution in [3.63, 3.8) is 0 Å². The van der Waals surface area contributed by atoms with Gasteiger partial charge in [-0.05, 0) is 50.7 Å². The summed E-state index contributed by atoms with van der Waals surface area (Å²) in [5.74, 6) is 0.535. The molecule has 0 saturated heterocycles. The Balaban J connectivity index is 2.40. The summed E-state index contributed by atoms with van der Waals surface area (Å²) in [5, 5.41) is 11.0. The Morgan fingerprint density at radius 3 is 2.82 bits per heavy atom. The van der Waals surface area contributed by atoms with E-state index in [9.17, 15) is 9.90 Å². The van der Waals surface area contributed by atoms with Crippen LogP contribution in [-0.4, -0.2) is 16.5 Å². The first-order chi connectivity index (χ1) is 7.78. The largest absolute Gasteiger partial charge is 0.385 e. The zero-order valence-corrected chi connectivity index (χ0v) is 11.0. The predicted molar refractivity (Wildman–Crippen MR) is 68.6 cm³/mol. The van der Waals surface area contributed by atoms with Gasteiger partial charge in [0.2, 0.25) is 0 Å². The van der Waals surface area contributed by atoms with Gasteiger partial charge in [0.15, 0.2) is 5.78 Å². The Morgan fingerprint density at radius 1 is 1.59 bits per heavy atom. The van der Waals surface area contributed by atoms with E-state index in [1.807, 2.05) is 13.8 Å². The topological polar surface area (TPSA) is 37.3 Å². The van der Waals surface area contributed by atoms with Gasteiger partial charge in [-0.3, -0.25) is 4.79 Å². The van der Waals surface area contributed by atoms with E-state index in [2.05, 4.69) is 13.5 Å². The van der Waals surface area contributed by atoms with Crippen LogP contribution in [0.25, 0.3) is 0 Å². The van der Waals surface area contributed by atoms with Crippen molar-refractivity contribution in [3.8, 4) is 0 Å². The molecule has 2 aliphatic rings. The second-order valence-electron chi connectivity index (χ2n) is 6.18. The Kier molecular flexibility index (Phi) is 2.81. The molecule has 0 bridgehead atoms. The second kappa shape index (κ2) is 3.81. The highest BCUT2D eigenvalue weighted by atomic mass is 16.3. The lowest BCUT2D eigenvalue weighted by atomic mass is 9.54. The van der Waals surface area contributed by atoms with Gasteiger partial charge in [-0.25, -0.2) is 0 Å². The fourth-order valence-electron chi connectivity index (χ4n) is 3.49. The number of rotatable bonds is 1. The van der Waals surface area contributed by atoms with Crippen molar-refractivity contribution in [2.45, 2.75) is 52.1 Å². The van der Waals surface area contributed by atoms with Gasteiger partial charge >= 0.3 is 0 Å². The van der Waals surface area contributed by atoms with Crippen molar-refractivity contribution >= 4 is 5.78 Å². The van der Waals surface area contributed by atoms with Crippen LogP contribution in [-0.2, 0) is 4.79 Å². The van der Waals surface area contributed by atoms with Gasteiger partial charge in [0, 0.05) is 11.8 Å². The quantitative estimate of drug-likeness (QED) is 0.708. The Hall–Kier alpha value is -0.890. The van der Waals surface area contributed by atoms with E-state index in [4.69, 9.17) is 0 Å². The van der Waals surface area contributed by atoms with Crippen LogP contribution in [0.2, 0.25) is 0 Å². The number of allylic oxidation sites excluding steroid dienone is 2. The van der Waals surface area contributed by atoms with Crippen LogP contribution in [0.5, 0.6) is 0 Å². The van der Waals surface area contributed by atoms with Gasteiger partial charge in [0.25, 0.3) is 0 Å². The number of aliphatic hydroxyl groups is 1. The van der Waals surface area contributed by atoms with E-state index in [1.165, 1.54) is 0 Å². The minimum absolute atomic E-state index is 0.156. The fourth-order valence-corrected chi connectivity index (χ4v) is 3.49. The van der Waals surface area contributed by atoms with Gasteiger partial charge in [0.05, 0.1) is 5.60 Å². The van der Waals surface area contributed by atoms with Crippen LogP contribution in [0.1, 0.15) is 46.5 Å². The SMILES string of the molecule is C=C(C)C1CCC2(C)CC(=O)C=C(C)C2(O)C1. The molecule has 0 aromatic carbocycles. The van der Waals surface area contributed by atoms with Crippen molar-refractivity contribution < 1.29 is 9.90 Å². The molecule has 0 amide bonds. The fraction of sp³-hybridized carbons (Fsp3) is 0.667. The van der Waals surface area contributed by atoms with Crippen molar-refractivity contribution in [2.75, 3.05) is 0 Å². The lowest BCUT2D eigenvalue weighted by molar-refractivity contribution is -0.133. The molecule has 0 heterocycles. The van der Waals surface area contributed by atoms with E-state index in [-0.39, 0.29) is 11.2 Å². The highest BCUT2D eigenvalue weighted by Crippen LogP contribution is 2.54. The molecular formula is C15H22O2. The van der Waals surface area contributed by atoms with Crippen molar-refractivity contribution in [1.82, 2.24) is 0 Å². The molecule has 2 rings (SSSR count). The monoisotopic (exact) mass is 234 g/mol. The summed E-state index contributed by atoms with van der Waals surface area (Å²) in [4.78, 5) is 11.7. The molecular weight excluding hydrogens is 212 g/mol. The highest BCUT2D eigenvalue weighted by molar-refractivity contribution is 5.92. The average molecular weight is 234 g/mol. The third-order valence-corrected chi connectivity index (χ3v) is 4.88. The van der Waals surface area contributed by atoms with E-state index in [0.717, 1.165) is 24.0 Å². The lowest BCUT2D eigenvalue weighted by Crippen LogP contribution is -2.54. The first-order valence-electron chi connectivity index (χ1n) is 6.38. The molecule has 2 heteroatoms. The third kappa shape index (κ3) is 1.79. The predicted octanol–water partition coefficient (Wildman–Crippen LogP) is 3.02. The maximum atomic E-state index is 11.7. The molecule has 0 aromatic heterocycles. The van der Waals surface area contributed by atoms with Gasteiger partial charge in [-0.2, -0.15) is 0 Å². The molecule has 0 spiro atoms. The smallest absolute Gasteiger partial charge is 0.156 e. The summed E-state index contributed by atoms with van der Waals surface area (Å²) in [6.45, 7) is 9.98. The molecule has 3 unspecified atom stereocenters. The van der Waals surface area contributed by atoms with Gasteiger partial charge in [-0.15, -0.1) is 0 Å². The number of fused-ring (bicyclic) bond motifs is 1. The number of ketones is 1. The molecule has 0 aliphatic heterocycles. The molecule has 1 N–H and O–H groups in total. The third-order valence-electron chi connectivity index (χ3n) is 4.88. The summed E-state index contributed by atoms with van der Waals surface area (Å²) in [6, 6.07) is 0. The molecule has 94 valence electrons. The van der Waals surface area contributed by atoms with Gasteiger partial charge in [0.1, 0.15) is 0 Å². The van der Waals surface area contributed by atoms with E-state index >= 15 is 0 Å². The van der Waals surface area contributed by atoms with E-state index < -0.39 is 5.60 Å². The Morgan fingerprint density at radius 2 is 2.24 bits per heavy atom. The minimum atomic E-state index is -0.817.